The maximum absolute atomic E-state index is 12.1. The Morgan fingerprint density at radius 1 is 1.10 bits per heavy atom. The van der Waals surface area contributed by atoms with E-state index in [1.807, 2.05) is 32.0 Å². The second kappa shape index (κ2) is 9.38. The van der Waals surface area contributed by atoms with Gasteiger partial charge in [0, 0.05) is 40.3 Å². The van der Waals surface area contributed by atoms with Gasteiger partial charge in [-0.2, -0.15) is 0 Å². The summed E-state index contributed by atoms with van der Waals surface area (Å²) in [5.74, 6) is -0.318. The van der Waals surface area contributed by atoms with Crippen LogP contribution in [0.2, 0.25) is 5.02 Å². The van der Waals surface area contributed by atoms with Crippen molar-refractivity contribution in [2.24, 2.45) is 0 Å². The van der Waals surface area contributed by atoms with Crippen molar-refractivity contribution in [1.82, 2.24) is 4.98 Å². The van der Waals surface area contributed by atoms with Crippen LogP contribution >= 0.6 is 11.6 Å². The summed E-state index contributed by atoms with van der Waals surface area (Å²) in [6, 6.07) is 14.0. The summed E-state index contributed by atoms with van der Waals surface area (Å²) in [6.45, 7) is 8.09. The Balaban J connectivity index is 2.31. The van der Waals surface area contributed by atoms with Gasteiger partial charge in [-0.1, -0.05) is 49.7 Å². The number of pyridine rings is 1. The highest BCUT2D eigenvalue weighted by atomic mass is 35.5. The number of aromatic nitrogens is 1. The number of fused-ring (bicyclic) bond motifs is 1. The molecule has 3 rings (SSSR count). The molecule has 0 saturated heterocycles. The maximum atomic E-state index is 12.1. The molecular weight excluding hydrogens is 386 g/mol. The second-order valence-corrected chi connectivity index (χ2v) is 7.26. The highest BCUT2D eigenvalue weighted by molar-refractivity contribution is 6.31. The number of carbonyl (C=O) groups excluding carboxylic acids is 1. The molecular formula is C24H26ClNO3. The van der Waals surface area contributed by atoms with E-state index in [-0.39, 0.29) is 12.4 Å². The smallest absolute Gasteiger partial charge is 0.308 e. The summed E-state index contributed by atoms with van der Waals surface area (Å²) >= 11 is 6.32. The van der Waals surface area contributed by atoms with Gasteiger partial charge in [0.25, 0.3) is 0 Å². The van der Waals surface area contributed by atoms with E-state index in [9.17, 15) is 4.79 Å². The third-order valence-corrected chi connectivity index (χ3v) is 5.14. The molecule has 4 nitrogen and oxygen atoms in total. The number of hydrogen-bond donors (Lipinski definition) is 0. The number of esters is 1. The molecule has 0 fully saturated rings. The van der Waals surface area contributed by atoms with Crippen LogP contribution in [0.4, 0.5) is 0 Å². The molecule has 1 atom stereocenters. The summed E-state index contributed by atoms with van der Waals surface area (Å²) in [4.78, 5) is 16.8. The number of aryl methyl sites for hydroxylation is 2. The lowest BCUT2D eigenvalue weighted by atomic mass is 9.93. The van der Waals surface area contributed by atoms with E-state index in [0.29, 0.717) is 11.6 Å². The van der Waals surface area contributed by atoms with Crippen LogP contribution in [0.25, 0.3) is 22.0 Å². The molecule has 5 heteroatoms. The van der Waals surface area contributed by atoms with Gasteiger partial charge in [0.15, 0.2) is 0 Å². The van der Waals surface area contributed by atoms with Crippen molar-refractivity contribution in [2.45, 2.75) is 46.8 Å². The molecule has 2 aromatic carbocycles. The first kappa shape index (κ1) is 21.3. The van der Waals surface area contributed by atoms with Gasteiger partial charge in [-0.25, -0.2) is 0 Å². The summed E-state index contributed by atoms with van der Waals surface area (Å²) in [6.07, 6.45) is 0.407. The molecule has 1 unspecified atom stereocenters. The number of rotatable bonds is 7. The predicted molar refractivity (Wildman–Crippen MR) is 117 cm³/mol. The van der Waals surface area contributed by atoms with Gasteiger partial charge in [0.1, 0.15) is 0 Å². The SMILES string of the molecule is CCOC(OC(=O)CC)c1c(C)nc2ccc(Cl)cc2c1-c1ccc(CC)cc1. The van der Waals surface area contributed by atoms with Crippen molar-refractivity contribution >= 4 is 28.5 Å². The molecule has 0 bridgehead atoms. The third-order valence-electron chi connectivity index (χ3n) is 4.91. The Morgan fingerprint density at radius 2 is 1.83 bits per heavy atom. The lowest BCUT2D eigenvalue weighted by molar-refractivity contribution is -0.179. The van der Waals surface area contributed by atoms with Crippen molar-refractivity contribution in [3.8, 4) is 11.1 Å². The molecule has 0 radical (unpaired) electrons. The second-order valence-electron chi connectivity index (χ2n) is 6.83. The molecule has 0 aliphatic rings. The standard InChI is InChI=1S/C24H26ClNO3/c1-5-16-8-10-17(11-9-16)23-19-14-18(25)12-13-20(19)26-15(4)22(23)24(28-7-3)29-21(27)6-2/h8-14,24H,5-7H2,1-4H3. The zero-order valence-electron chi connectivity index (χ0n) is 17.3. The predicted octanol–water partition coefficient (Wildman–Crippen LogP) is 6.41. The fourth-order valence-electron chi connectivity index (χ4n) is 3.41. The van der Waals surface area contributed by atoms with E-state index in [2.05, 4.69) is 31.2 Å². The van der Waals surface area contributed by atoms with Gasteiger partial charge in [0.05, 0.1) is 5.52 Å². The molecule has 0 aliphatic heterocycles. The van der Waals surface area contributed by atoms with Crippen molar-refractivity contribution in [3.05, 3.63) is 64.3 Å². The van der Waals surface area contributed by atoms with E-state index in [4.69, 9.17) is 26.1 Å². The minimum atomic E-state index is -0.829. The molecule has 152 valence electrons. The lowest BCUT2D eigenvalue weighted by Crippen LogP contribution is -2.17. The van der Waals surface area contributed by atoms with Crippen LogP contribution in [0.1, 0.15) is 50.3 Å². The largest absolute Gasteiger partial charge is 0.431 e. The van der Waals surface area contributed by atoms with E-state index in [0.717, 1.165) is 39.7 Å². The molecule has 1 heterocycles. The minimum absolute atomic E-state index is 0.274. The van der Waals surface area contributed by atoms with Crippen molar-refractivity contribution < 1.29 is 14.3 Å². The van der Waals surface area contributed by atoms with Crippen LogP contribution in [0.15, 0.2) is 42.5 Å². The summed E-state index contributed by atoms with van der Waals surface area (Å²) in [5, 5.41) is 1.53. The molecule has 0 amide bonds. The number of carbonyl (C=O) groups is 1. The number of hydrogen-bond acceptors (Lipinski definition) is 4. The Kier molecular flexibility index (Phi) is 6.88. The molecule has 3 aromatic rings. The Morgan fingerprint density at radius 3 is 2.45 bits per heavy atom. The Hall–Kier alpha value is -2.43. The average Bonchev–Trinajstić information content (AvgIpc) is 2.73. The molecule has 1 aromatic heterocycles. The molecule has 0 aliphatic carbocycles. The van der Waals surface area contributed by atoms with Crippen molar-refractivity contribution in [3.63, 3.8) is 0 Å². The maximum Gasteiger partial charge on any atom is 0.308 e. The third kappa shape index (κ3) is 4.60. The van der Waals surface area contributed by atoms with Crippen molar-refractivity contribution in [1.29, 1.82) is 0 Å². The normalized spacial score (nSPS) is 12.2. The van der Waals surface area contributed by atoms with Gasteiger partial charge in [-0.05, 0) is 49.6 Å². The van der Waals surface area contributed by atoms with Gasteiger partial charge in [0.2, 0.25) is 6.29 Å². The molecule has 0 N–H and O–H groups in total. The van der Waals surface area contributed by atoms with Crippen LogP contribution in [0, 0.1) is 6.92 Å². The van der Waals surface area contributed by atoms with Crippen molar-refractivity contribution in [2.75, 3.05) is 6.61 Å². The van der Waals surface area contributed by atoms with Crippen LogP contribution in [0.5, 0.6) is 0 Å². The highest BCUT2D eigenvalue weighted by Gasteiger charge is 2.25. The first-order chi connectivity index (χ1) is 14.0. The summed E-state index contributed by atoms with van der Waals surface area (Å²) in [7, 11) is 0. The van der Waals surface area contributed by atoms with E-state index >= 15 is 0 Å². The number of halogens is 1. The lowest BCUT2D eigenvalue weighted by Gasteiger charge is -2.24. The monoisotopic (exact) mass is 411 g/mol. The Labute approximate surface area is 176 Å². The first-order valence-corrected chi connectivity index (χ1v) is 10.4. The quantitative estimate of drug-likeness (QED) is 0.332. The van der Waals surface area contributed by atoms with Gasteiger partial charge in [-0.15, -0.1) is 0 Å². The highest BCUT2D eigenvalue weighted by Crippen LogP contribution is 2.39. The van der Waals surface area contributed by atoms with Gasteiger partial charge < -0.3 is 9.47 Å². The first-order valence-electron chi connectivity index (χ1n) is 9.98. The fraction of sp³-hybridized carbons (Fsp3) is 0.333. The van der Waals surface area contributed by atoms with E-state index in [1.54, 1.807) is 6.92 Å². The van der Waals surface area contributed by atoms with Crippen LogP contribution in [0.3, 0.4) is 0 Å². The number of nitrogens with zero attached hydrogens (tertiary/aromatic N) is 1. The molecule has 0 saturated carbocycles. The molecule has 0 spiro atoms. The Bertz CT molecular complexity index is 1010. The van der Waals surface area contributed by atoms with Gasteiger partial charge in [-0.3, -0.25) is 9.78 Å². The van der Waals surface area contributed by atoms with Crippen LogP contribution < -0.4 is 0 Å². The van der Waals surface area contributed by atoms with Crippen LogP contribution in [-0.4, -0.2) is 17.6 Å². The van der Waals surface area contributed by atoms with E-state index < -0.39 is 6.29 Å². The number of benzene rings is 2. The van der Waals surface area contributed by atoms with Crippen LogP contribution in [-0.2, 0) is 20.7 Å². The average molecular weight is 412 g/mol. The zero-order chi connectivity index (χ0) is 21.0. The topological polar surface area (TPSA) is 48.4 Å². The summed E-state index contributed by atoms with van der Waals surface area (Å²) in [5.41, 5.74) is 5.54. The fourth-order valence-corrected chi connectivity index (χ4v) is 3.58. The number of ether oxygens (including phenoxy) is 2. The molecule has 29 heavy (non-hydrogen) atoms. The minimum Gasteiger partial charge on any atom is -0.431 e. The van der Waals surface area contributed by atoms with E-state index in [1.165, 1.54) is 5.56 Å². The zero-order valence-corrected chi connectivity index (χ0v) is 18.0. The van der Waals surface area contributed by atoms with Gasteiger partial charge >= 0.3 is 5.97 Å². The summed E-state index contributed by atoms with van der Waals surface area (Å²) < 4.78 is 11.5.